The minimum Gasteiger partial charge on any atom is -0.479 e. The van der Waals surface area contributed by atoms with Crippen LogP contribution in [-0.4, -0.2) is 23.2 Å². The molecule has 1 heterocycles. The Labute approximate surface area is 101 Å². The summed E-state index contributed by atoms with van der Waals surface area (Å²) in [6.07, 6.45) is 6.23. The second-order valence-electron chi connectivity index (χ2n) is 4.61. The second-order valence-corrected chi connectivity index (χ2v) is 4.61. The van der Waals surface area contributed by atoms with Gasteiger partial charge in [-0.2, -0.15) is 9.97 Å². The predicted molar refractivity (Wildman–Crippen MR) is 65.0 cm³/mol. The van der Waals surface area contributed by atoms with E-state index in [1.54, 1.807) is 0 Å². The molecule has 0 spiro atoms. The van der Waals surface area contributed by atoms with Crippen LogP contribution >= 0.6 is 0 Å². The van der Waals surface area contributed by atoms with E-state index in [0.717, 1.165) is 12.8 Å². The van der Waals surface area contributed by atoms with Crippen LogP contribution in [0, 0.1) is 5.92 Å². The van der Waals surface area contributed by atoms with E-state index in [1.807, 2.05) is 0 Å². The summed E-state index contributed by atoms with van der Waals surface area (Å²) in [5.74, 6) is 1.52. The molecule has 1 aliphatic carbocycles. The van der Waals surface area contributed by atoms with Gasteiger partial charge in [0.2, 0.25) is 11.8 Å². The zero-order valence-electron chi connectivity index (χ0n) is 10.3. The van der Waals surface area contributed by atoms with Crippen LogP contribution < -0.4 is 15.2 Å². The molecule has 94 valence electrons. The van der Waals surface area contributed by atoms with Crippen molar-refractivity contribution in [1.29, 1.82) is 0 Å². The molecule has 0 saturated heterocycles. The number of ether oxygens (including phenoxy) is 2. The molecule has 2 N–H and O–H groups in total. The normalized spacial score (nSPS) is 24.4. The van der Waals surface area contributed by atoms with Gasteiger partial charge in [0.25, 0.3) is 0 Å². The number of hydrogen-bond donors (Lipinski definition) is 1. The smallest absolute Gasteiger partial charge is 0.244 e. The summed E-state index contributed by atoms with van der Waals surface area (Å²) in [6.45, 7) is 2.25. The Morgan fingerprint density at radius 3 is 2.76 bits per heavy atom. The molecule has 0 aliphatic heterocycles. The Hall–Kier alpha value is -1.52. The summed E-state index contributed by atoms with van der Waals surface area (Å²) in [4.78, 5) is 7.99. The van der Waals surface area contributed by atoms with Crippen LogP contribution in [0.2, 0.25) is 0 Å². The van der Waals surface area contributed by atoms with E-state index < -0.39 is 0 Å². The predicted octanol–water partition coefficient (Wildman–Crippen LogP) is 2.02. The van der Waals surface area contributed by atoms with Gasteiger partial charge in [0, 0.05) is 0 Å². The molecule has 5 nitrogen and oxygen atoms in total. The molecule has 0 amide bonds. The molecule has 1 fully saturated rings. The number of anilines is 1. The first-order valence-corrected chi connectivity index (χ1v) is 6.01. The number of hydrogen-bond acceptors (Lipinski definition) is 5. The van der Waals surface area contributed by atoms with Gasteiger partial charge < -0.3 is 15.2 Å². The lowest BCUT2D eigenvalue weighted by Crippen LogP contribution is -2.25. The molecule has 1 saturated carbocycles. The van der Waals surface area contributed by atoms with Crippen molar-refractivity contribution in [3.8, 4) is 11.8 Å². The summed E-state index contributed by atoms with van der Waals surface area (Å²) < 4.78 is 10.9. The lowest BCUT2D eigenvalue weighted by molar-refractivity contribution is 0.124. The molecule has 0 aromatic carbocycles. The molecule has 1 aromatic rings. The van der Waals surface area contributed by atoms with E-state index in [1.165, 1.54) is 26.3 Å². The Kier molecular flexibility index (Phi) is 3.66. The Bertz CT molecular complexity index is 384. The molecule has 2 atom stereocenters. The van der Waals surface area contributed by atoms with Crippen LogP contribution in [0.3, 0.4) is 0 Å². The van der Waals surface area contributed by atoms with Crippen molar-refractivity contribution in [2.24, 2.45) is 5.92 Å². The summed E-state index contributed by atoms with van der Waals surface area (Å²) in [6, 6.07) is 0. The third kappa shape index (κ3) is 2.78. The van der Waals surface area contributed by atoms with E-state index in [4.69, 9.17) is 15.2 Å². The van der Waals surface area contributed by atoms with Crippen LogP contribution in [0.1, 0.15) is 32.6 Å². The Balaban J connectivity index is 2.07. The van der Waals surface area contributed by atoms with Gasteiger partial charge >= 0.3 is 0 Å². The van der Waals surface area contributed by atoms with Crippen molar-refractivity contribution in [1.82, 2.24) is 9.97 Å². The quantitative estimate of drug-likeness (QED) is 0.871. The van der Waals surface area contributed by atoms with Crippen molar-refractivity contribution in [2.45, 2.75) is 38.7 Å². The standard InChI is InChI=1S/C12H19N3O2/c1-8-4-3-5-9(6-8)17-12-10(13)11(16-2)14-7-15-12/h7-9H,3-6,13H2,1-2H3. The first-order chi connectivity index (χ1) is 8.20. The van der Waals surface area contributed by atoms with Gasteiger partial charge in [-0.25, -0.2) is 0 Å². The van der Waals surface area contributed by atoms with Crippen molar-refractivity contribution in [2.75, 3.05) is 12.8 Å². The summed E-state index contributed by atoms with van der Waals surface area (Å²) >= 11 is 0. The van der Waals surface area contributed by atoms with Crippen LogP contribution in [0.5, 0.6) is 11.8 Å². The molecule has 1 aromatic heterocycles. The lowest BCUT2D eigenvalue weighted by atomic mass is 9.89. The molecule has 1 aliphatic rings. The molecule has 0 radical (unpaired) electrons. The first-order valence-electron chi connectivity index (χ1n) is 6.01. The third-order valence-electron chi connectivity index (χ3n) is 3.17. The van der Waals surface area contributed by atoms with Gasteiger partial charge in [-0.15, -0.1) is 0 Å². The maximum Gasteiger partial charge on any atom is 0.244 e. The van der Waals surface area contributed by atoms with Crippen molar-refractivity contribution in [3.05, 3.63) is 6.33 Å². The van der Waals surface area contributed by atoms with Crippen molar-refractivity contribution < 1.29 is 9.47 Å². The van der Waals surface area contributed by atoms with Gasteiger partial charge in [-0.05, 0) is 25.2 Å². The highest BCUT2D eigenvalue weighted by Gasteiger charge is 2.22. The average molecular weight is 237 g/mol. The highest BCUT2D eigenvalue weighted by molar-refractivity contribution is 5.55. The molecular formula is C12H19N3O2. The van der Waals surface area contributed by atoms with E-state index in [2.05, 4.69) is 16.9 Å². The topological polar surface area (TPSA) is 70.3 Å². The zero-order chi connectivity index (χ0) is 12.3. The number of methoxy groups -OCH3 is 1. The van der Waals surface area contributed by atoms with Crippen molar-refractivity contribution in [3.63, 3.8) is 0 Å². The molecule has 2 rings (SSSR count). The van der Waals surface area contributed by atoms with Gasteiger partial charge in [-0.3, -0.25) is 0 Å². The summed E-state index contributed by atoms with van der Waals surface area (Å²) in [5.41, 5.74) is 6.25. The lowest BCUT2D eigenvalue weighted by Gasteiger charge is -2.27. The molecular weight excluding hydrogens is 218 g/mol. The monoisotopic (exact) mass is 237 g/mol. The molecule has 5 heteroatoms. The highest BCUT2D eigenvalue weighted by atomic mass is 16.5. The Morgan fingerprint density at radius 1 is 1.29 bits per heavy atom. The SMILES string of the molecule is COc1ncnc(OC2CCCC(C)C2)c1N. The number of nitrogens with zero attached hydrogens (tertiary/aromatic N) is 2. The zero-order valence-corrected chi connectivity index (χ0v) is 10.3. The third-order valence-corrected chi connectivity index (χ3v) is 3.17. The minimum atomic E-state index is 0.209. The number of rotatable bonds is 3. The molecule has 0 bridgehead atoms. The van der Waals surface area contributed by atoms with Crippen LogP contribution in [-0.2, 0) is 0 Å². The summed E-state index contributed by atoms with van der Waals surface area (Å²) in [7, 11) is 1.53. The van der Waals surface area contributed by atoms with Crippen LogP contribution in [0.4, 0.5) is 5.69 Å². The van der Waals surface area contributed by atoms with Crippen LogP contribution in [0.25, 0.3) is 0 Å². The number of nitrogen functional groups attached to an aromatic ring is 1. The minimum absolute atomic E-state index is 0.209. The second kappa shape index (κ2) is 5.21. The Morgan fingerprint density at radius 2 is 2.06 bits per heavy atom. The van der Waals surface area contributed by atoms with Gasteiger partial charge in [0.15, 0.2) is 5.69 Å². The first kappa shape index (κ1) is 12.0. The molecule has 17 heavy (non-hydrogen) atoms. The number of aromatic nitrogens is 2. The maximum atomic E-state index is 5.87. The maximum absolute atomic E-state index is 5.87. The highest BCUT2D eigenvalue weighted by Crippen LogP contribution is 2.31. The fraction of sp³-hybridized carbons (Fsp3) is 0.667. The van der Waals surface area contributed by atoms with Gasteiger partial charge in [0.1, 0.15) is 12.4 Å². The fourth-order valence-electron chi connectivity index (χ4n) is 2.26. The largest absolute Gasteiger partial charge is 0.479 e. The van der Waals surface area contributed by atoms with E-state index in [9.17, 15) is 0 Å². The van der Waals surface area contributed by atoms with Crippen LogP contribution in [0.15, 0.2) is 6.33 Å². The average Bonchev–Trinajstić information content (AvgIpc) is 2.32. The van der Waals surface area contributed by atoms with Gasteiger partial charge in [-0.1, -0.05) is 13.3 Å². The van der Waals surface area contributed by atoms with E-state index in [0.29, 0.717) is 23.4 Å². The molecule has 2 unspecified atom stereocenters. The fourth-order valence-corrected chi connectivity index (χ4v) is 2.26. The van der Waals surface area contributed by atoms with E-state index >= 15 is 0 Å². The van der Waals surface area contributed by atoms with Gasteiger partial charge in [0.05, 0.1) is 7.11 Å². The summed E-state index contributed by atoms with van der Waals surface area (Å²) in [5, 5.41) is 0. The van der Waals surface area contributed by atoms with Crippen molar-refractivity contribution >= 4 is 5.69 Å². The number of nitrogens with two attached hydrogens (primary N) is 1. The van der Waals surface area contributed by atoms with E-state index in [-0.39, 0.29) is 6.10 Å².